The first-order valence-corrected chi connectivity index (χ1v) is 20.2. The van der Waals surface area contributed by atoms with Gasteiger partial charge in [-0.05, 0) is 77.8 Å². The van der Waals surface area contributed by atoms with Gasteiger partial charge in [0.1, 0.15) is 0 Å². The lowest BCUT2D eigenvalue weighted by Gasteiger charge is -2.40. The fraction of sp³-hybridized carbons (Fsp3) is 0.400. The summed E-state index contributed by atoms with van der Waals surface area (Å²) in [6, 6.07) is 32.4. The molecule has 5 aromatic rings. The van der Waals surface area contributed by atoms with Gasteiger partial charge in [0.15, 0.2) is 6.29 Å². The number of amides is 2. The third-order valence-corrected chi connectivity index (χ3v) is 11.2. The van der Waals surface area contributed by atoms with Crippen molar-refractivity contribution in [3.05, 3.63) is 130 Å². The minimum absolute atomic E-state index is 0.00801. The van der Waals surface area contributed by atoms with Gasteiger partial charge in [-0.3, -0.25) is 19.4 Å². The molecule has 0 unspecified atom stereocenters. The molecule has 57 heavy (non-hydrogen) atoms. The maximum absolute atomic E-state index is 12.9. The molecule has 12 heteroatoms. The van der Waals surface area contributed by atoms with Crippen LogP contribution in [-0.2, 0) is 32.2 Å². The number of likely N-dealkylation sites (tertiary alicyclic amines) is 1. The number of imidazole rings is 1. The zero-order valence-electron chi connectivity index (χ0n) is 32.3. The number of unbranched alkanes of at least 4 members (excludes halogenated alkanes) is 3. The summed E-state index contributed by atoms with van der Waals surface area (Å²) in [5, 5.41) is 21.3. The Morgan fingerprint density at radius 2 is 1.49 bits per heavy atom. The number of carbonyl (C=O) groups excluding carboxylic acids is 2. The number of aromatic nitrogens is 2. The molecular formula is C45H53N5O7. The number of hydrogen-bond acceptors (Lipinski definition) is 8. The molecule has 7 rings (SSSR count). The summed E-state index contributed by atoms with van der Waals surface area (Å²) in [5.74, 6) is -0.394. The molecule has 2 aliphatic heterocycles. The zero-order chi connectivity index (χ0) is 39.6. The van der Waals surface area contributed by atoms with Crippen LogP contribution < -0.4 is 16.5 Å². The van der Waals surface area contributed by atoms with Crippen molar-refractivity contribution in [2.75, 3.05) is 19.6 Å². The molecule has 4 aromatic carbocycles. The average Bonchev–Trinajstić information content (AvgIpc) is 3.59. The molecule has 300 valence electrons. The second kappa shape index (κ2) is 19.4. The Morgan fingerprint density at radius 1 is 0.772 bits per heavy atom. The minimum atomic E-state index is -0.595. The molecule has 0 aliphatic carbocycles. The van der Waals surface area contributed by atoms with E-state index in [1.54, 1.807) is 5.48 Å². The lowest BCUT2D eigenvalue weighted by atomic mass is 9.97. The van der Waals surface area contributed by atoms with E-state index in [-0.39, 0.29) is 48.8 Å². The van der Waals surface area contributed by atoms with Crippen molar-refractivity contribution in [1.82, 2.24) is 25.2 Å². The standard InChI is InChI=1S/C45H53N5O7/c51-30-31-17-19-33(20-18-31)41-27-38(29-49-23-21-37(22-24-49)50-40-14-6-5-13-39(40)47-45(50)54)56-44(57-41)36-12-8-11-35(26-36)34-10-7-9-32(25-34)28-46-42(52)15-3-1-2-4-16-43(53)48-55/h5-14,17-20,25-26,37-38,41,44,51,55H,1-4,15-16,21-24,27-30H2,(H,46,52)(H,47,54)(H,48,53)/t38-,41+,44+/m0/s1. The summed E-state index contributed by atoms with van der Waals surface area (Å²) in [6.45, 7) is 2.87. The number of benzene rings is 4. The van der Waals surface area contributed by atoms with Crippen LogP contribution in [0.1, 0.15) is 98.5 Å². The van der Waals surface area contributed by atoms with Crippen molar-refractivity contribution in [2.45, 2.75) is 95.5 Å². The number of aromatic amines is 1. The monoisotopic (exact) mass is 775 g/mol. The van der Waals surface area contributed by atoms with Gasteiger partial charge in [0.25, 0.3) is 0 Å². The first-order valence-electron chi connectivity index (χ1n) is 20.2. The van der Waals surface area contributed by atoms with Crippen LogP contribution in [0, 0.1) is 0 Å². The molecule has 0 radical (unpaired) electrons. The normalized spacial score (nSPS) is 19.1. The Labute approximate surface area is 332 Å². The summed E-state index contributed by atoms with van der Waals surface area (Å²) in [6.07, 6.45) is 5.35. The van der Waals surface area contributed by atoms with Crippen molar-refractivity contribution in [2.24, 2.45) is 0 Å². The van der Waals surface area contributed by atoms with Crippen LogP contribution in [-0.4, -0.2) is 62.3 Å². The van der Waals surface area contributed by atoms with Gasteiger partial charge >= 0.3 is 5.69 Å². The van der Waals surface area contributed by atoms with Gasteiger partial charge in [-0.2, -0.15) is 0 Å². The third-order valence-electron chi connectivity index (χ3n) is 11.2. The topological polar surface area (TPSA) is 158 Å². The number of piperidine rings is 1. The Bertz CT molecular complexity index is 2160. The van der Waals surface area contributed by atoms with E-state index in [0.29, 0.717) is 25.8 Å². The van der Waals surface area contributed by atoms with E-state index in [1.807, 2.05) is 77.4 Å². The van der Waals surface area contributed by atoms with Gasteiger partial charge in [0.2, 0.25) is 11.8 Å². The van der Waals surface area contributed by atoms with Crippen molar-refractivity contribution < 1.29 is 29.4 Å². The van der Waals surface area contributed by atoms with E-state index in [4.69, 9.17) is 14.7 Å². The van der Waals surface area contributed by atoms with Crippen molar-refractivity contribution in [3.63, 3.8) is 0 Å². The number of para-hydroxylation sites is 2. The molecule has 0 spiro atoms. The molecule has 2 saturated heterocycles. The van der Waals surface area contributed by atoms with Gasteiger partial charge in [0.05, 0.1) is 29.8 Å². The predicted molar refractivity (Wildman–Crippen MR) is 217 cm³/mol. The Balaban J connectivity index is 0.990. The molecule has 12 nitrogen and oxygen atoms in total. The Hall–Kier alpha value is -5.11. The summed E-state index contributed by atoms with van der Waals surface area (Å²) < 4.78 is 15.4. The maximum Gasteiger partial charge on any atom is 0.326 e. The second-order valence-corrected chi connectivity index (χ2v) is 15.3. The highest BCUT2D eigenvalue weighted by molar-refractivity contribution is 5.76. The summed E-state index contributed by atoms with van der Waals surface area (Å²) in [7, 11) is 0. The number of hydrogen-bond donors (Lipinski definition) is 5. The van der Waals surface area contributed by atoms with Crippen molar-refractivity contribution in [1.29, 1.82) is 0 Å². The van der Waals surface area contributed by atoms with E-state index in [2.05, 4.69) is 39.5 Å². The van der Waals surface area contributed by atoms with E-state index < -0.39 is 6.29 Å². The summed E-state index contributed by atoms with van der Waals surface area (Å²) in [4.78, 5) is 42.0. The van der Waals surface area contributed by atoms with E-state index in [9.17, 15) is 19.5 Å². The average molecular weight is 776 g/mol. The summed E-state index contributed by atoms with van der Waals surface area (Å²) in [5.41, 5.74) is 9.27. The Kier molecular flexibility index (Phi) is 13.6. The van der Waals surface area contributed by atoms with Gasteiger partial charge < -0.3 is 29.8 Å². The van der Waals surface area contributed by atoms with E-state index >= 15 is 0 Å². The van der Waals surface area contributed by atoms with Crippen LogP contribution in [0.4, 0.5) is 0 Å². The number of fused-ring (bicyclic) bond motifs is 1. The number of nitrogens with zero attached hydrogens (tertiary/aromatic N) is 2. The molecule has 0 bridgehead atoms. The fourth-order valence-corrected chi connectivity index (χ4v) is 8.11. The SMILES string of the molecule is O=C(CCCCCCC(=O)NCc1cccc(-c2cccc([C@@H]3O[C@H](CN4CCC(n5c(=O)[nH]c6ccccc65)CC4)C[C@H](c4ccc(CO)cc4)O3)c2)c1)NO. The largest absolute Gasteiger partial charge is 0.392 e. The smallest absolute Gasteiger partial charge is 0.326 e. The molecule has 2 aliphatic rings. The number of rotatable bonds is 16. The molecule has 2 fully saturated rings. The van der Waals surface area contributed by atoms with Gasteiger partial charge in [-0.25, -0.2) is 10.3 Å². The molecule has 3 heterocycles. The lowest BCUT2D eigenvalue weighted by molar-refractivity contribution is -0.253. The molecule has 1 aromatic heterocycles. The number of nitrogens with one attached hydrogen (secondary N) is 3. The van der Waals surface area contributed by atoms with Crippen LogP contribution in [0.3, 0.4) is 0 Å². The van der Waals surface area contributed by atoms with E-state index in [1.165, 1.54) is 0 Å². The molecule has 2 amide bonds. The summed E-state index contributed by atoms with van der Waals surface area (Å²) >= 11 is 0. The van der Waals surface area contributed by atoms with Crippen LogP contribution in [0.5, 0.6) is 0 Å². The zero-order valence-corrected chi connectivity index (χ0v) is 32.3. The van der Waals surface area contributed by atoms with E-state index in [0.717, 1.165) is 96.2 Å². The third kappa shape index (κ3) is 10.4. The van der Waals surface area contributed by atoms with Crippen LogP contribution >= 0.6 is 0 Å². The van der Waals surface area contributed by atoms with Crippen molar-refractivity contribution >= 4 is 22.8 Å². The number of aliphatic hydroxyl groups is 1. The number of ether oxygens (including phenoxy) is 2. The van der Waals surface area contributed by atoms with Gasteiger partial charge in [0, 0.05) is 57.0 Å². The van der Waals surface area contributed by atoms with Crippen LogP contribution in [0.2, 0.25) is 0 Å². The van der Waals surface area contributed by atoms with Crippen molar-refractivity contribution in [3.8, 4) is 11.1 Å². The minimum Gasteiger partial charge on any atom is -0.392 e. The van der Waals surface area contributed by atoms with Crippen LogP contribution in [0.15, 0.2) is 102 Å². The highest BCUT2D eigenvalue weighted by atomic mass is 16.7. The van der Waals surface area contributed by atoms with Gasteiger partial charge in [-0.1, -0.05) is 85.6 Å². The molecular weight excluding hydrogens is 723 g/mol. The first kappa shape index (κ1) is 40.1. The van der Waals surface area contributed by atoms with Crippen LogP contribution in [0.25, 0.3) is 22.2 Å². The number of carbonyl (C=O) groups is 2. The lowest BCUT2D eigenvalue weighted by Crippen LogP contribution is -2.43. The second-order valence-electron chi connectivity index (χ2n) is 15.3. The molecule has 3 atom stereocenters. The molecule has 5 N–H and O–H groups in total. The van der Waals surface area contributed by atoms with Gasteiger partial charge in [-0.15, -0.1) is 0 Å². The first-order chi connectivity index (χ1) is 27.9. The number of hydroxylamine groups is 1. The predicted octanol–water partition coefficient (Wildman–Crippen LogP) is 6.83. The number of aliphatic hydroxyl groups excluding tert-OH is 1. The Morgan fingerprint density at radius 3 is 2.25 bits per heavy atom. The maximum atomic E-state index is 12.9. The fourth-order valence-electron chi connectivity index (χ4n) is 8.11. The highest BCUT2D eigenvalue weighted by Crippen LogP contribution is 2.39. The quantitative estimate of drug-likeness (QED) is 0.0415. The number of H-pyrrole nitrogens is 1. The molecule has 0 saturated carbocycles. The highest BCUT2D eigenvalue weighted by Gasteiger charge is 2.34.